The van der Waals surface area contributed by atoms with Crippen LogP contribution >= 0.6 is 0 Å². The predicted octanol–water partition coefficient (Wildman–Crippen LogP) is 2.14. The number of terminal acetylenes is 1. The molecule has 0 atom stereocenters. The fourth-order valence-corrected chi connectivity index (χ4v) is 2.71. The van der Waals surface area contributed by atoms with Crippen LogP contribution in [0.15, 0.2) is 17.0 Å². The first-order valence-corrected chi connectivity index (χ1v) is 6.59. The van der Waals surface area contributed by atoms with Gasteiger partial charge in [0.05, 0.1) is 10.4 Å². The van der Waals surface area contributed by atoms with E-state index in [2.05, 4.69) is 5.92 Å². The highest BCUT2D eigenvalue weighted by atomic mass is 32.2. The summed E-state index contributed by atoms with van der Waals surface area (Å²) in [7, 11) is -3.05. The fourth-order valence-electron chi connectivity index (χ4n) is 1.23. The lowest BCUT2D eigenvalue weighted by Crippen LogP contribution is -2.43. The summed E-state index contributed by atoms with van der Waals surface area (Å²) in [6.07, 6.45) is 5.20. The highest BCUT2D eigenvalue weighted by Crippen LogP contribution is 2.24. The van der Waals surface area contributed by atoms with Crippen LogP contribution in [0.25, 0.3) is 0 Å². The Labute approximate surface area is 110 Å². The molecule has 0 aliphatic heterocycles. The van der Waals surface area contributed by atoms with Gasteiger partial charge in [0.2, 0.25) is 10.0 Å². The highest BCUT2D eigenvalue weighted by molar-refractivity contribution is 7.89. The van der Waals surface area contributed by atoms with Crippen molar-refractivity contribution in [2.45, 2.75) is 24.3 Å². The lowest BCUT2D eigenvalue weighted by Gasteiger charge is -2.29. The molecule has 0 aromatic heterocycles. The predicted molar refractivity (Wildman–Crippen MR) is 64.2 cm³/mol. The van der Waals surface area contributed by atoms with Crippen LogP contribution in [-0.4, -0.2) is 25.3 Å². The smallest absolute Gasteiger partial charge is 0.207 e. The van der Waals surface area contributed by atoms with E-state index in [0.717, 1.165) is 4.31 Å². The van der Waals surface area contributed by atoms with Crippen molar-refractivity contribution in [2.75, 3.05) is 7.05 Å². The summed E-state index contributed by atoms with van der Waals surface area (Å²) < 4.78 is 64.0. The molecule has 19 heavy (non-hydrogen) atoms. The summed E-state index contributed by atoms with van der Waals surface area (Å²) in [5, 5.41) is 0. The van der Waals surface area contributed by atoms with Crippen LogP contribution in [0.1, 0.15) is 13.8 Å². The summed E-state index contributed by atoms with van der Waals surface area (Å²) >= 11 is 0. The van der Waals surface area contributed by atoms with Crippen LogP contribution in [0.4, 0.5) is 13.2 Å². The van der Waals surface area contributed by atoms with Crippen molar-refractivity contribution in [1.82, 2.24) is 4.31 Å². The van der Waals surface area contributed by atoms with Gasteiger partial charge in [0, 0.05) is 7.05 Å². The minimum absolute atomic E-state index is 0.414. The lowest BCUT2D eigenvalue weighted by molar-refractivity contribution is 0.339. The molecular formula is C12H12F3NO2S. The molecule has 1 aromatic carbocycles. The molecule has 0 saturated carbocycles. The van der Waals surface area contributed by atoms with Crippen LogP contribution < -0.4 is 0 Å². The maximum Gasteiger partial charge on any atom is 0.244 e. The third-order valence-electron chi connectivity index (χ3n) is 2.76. The minimum Gasteiger partial charge on any atom is -0.207 e. The van der Waals surface area contributed by atoms with Crippen molar-refractivity contribution in [3.63, 3.8) is 0 Å². The number of sulfonamides is 1. The van der Waals surface area contributed by atoms with Crippen molar-refractivity contribution in [1.29, 1.82) is 0 Å². The molecule has 1 rings (SSSR count). The van der Waals surface area contributed by atoms with Gasteiger partial charge in [-0.1, -0.05) is 5.92 Å². The minimum atomic E-state index is -4.23. The lowest BCUT2D eigenvalue weighted by atomic mass is 10.1. The van der Waals surface area contributed by atoms with Crippen molar-refractivity contribution in [3.05, 3.63) is 29.6 Å². The van der Waals surface area contributed by atoms with E-state index in [0.29, 0.717) is 12.1 Å². The molecule has 3 nitrogen and oxygen atoms in total. The second-order valence-electron chi connectivity index (χ2n) is 4.38. The zero-order valence-electron chi connectivity index (χ0n) is 10.5. The molecule has 0 bridgehead atoms. The molecule has 0 amide bonds. The summed E-state index contributed by atoms with van der Waals surface area (Å²) in [6.45, 7) is 2.89. The average Bonchev–Trinajstić information content (AvgIpc) is 2.34. The van der Waals surface area contributed by atoms with Crippen molar-refractivity contribution in [3.8, 4) is 12.3 Å². The quantitative estimate of drug-likeness (QED) is 0.632. The number of rotatable bonds is 3. The first-order chi connectivity index (χ1) is 8.54. The molecule has 1 aromatic rings. The Kier molecular flexibility index (Phi) is 3.98. The van der Waals surface area contributed by atoms with Gasteiger partial charge in [-0.25, -0.2) is 21.6 Å². The second kappa shape index (κ2) is 4.87. The second-order valence-corrected chi connectivity index (χ2v) is 6.35. The van der Waals surface area contributed by atoms with E-state index >= 15 is 0 Å². The Morgan fingerprint density at radius 3 is 2.00 bits per heavy atom. The zero-order chi connectivity index (χ0) is 15.0. The summed E-state index contributed by atoms with van der Waals surface area (Å²) in [5.74, 6) is -2.64. The first-order valence-electron chi connectivity index (χ1n) is 5.15. The molecule has 7 heteroatoms. The standard InChI is InChI=1S/C12H12F3NO2S/c1-5-12(2,3)16(4)19(17,18)8-6-9(13)11(15)10(14)7-8/h1,6-7H,2-4H3. The number of hydrogen-bond donors (Lipinski definition) is 0. The van der Waals surface area contributed by atoms with Gasteiger partial charge in [0.15, 0.2) is 17.5 Å². The van der Waals surface area contributed by atoms with Crippen molar-refractivity contribution < 1.29 is 21.6 Å². The molecule has 0 aliphatic carbocycles. The third-order valence-corrected chi connectivity index (χ3v) is 4.77. The number of hydrogen-bond acceptors (Lipinski definition) is 2. The van der Waals surface area contributed by atoms with E-state index in [1.165, 1.54) is 20.9 Å². The molecule has 0 N–H and O–H groups in total. The fraction of sp³-hybridized carbons (Fsp3) is 0.333. The van der Waals surface area contributed by atoms with E-state index in [4.69, 9.17) is 6.42 Å². The number of halogens is 3. The van der Waals surface area contributed by atoms with E-state index in [9.17, 15) is 21.6 Å². The molecule has 0 radical (unpaired) electrons. The van der Waals surface area contributed by atoms with Gasteiger partial charge < -0.3 is 0 Å². The molecule has 0 fully saturated rings. The summed E-state index contributed by atoms with van der Waals surface area (Å²) in [4.78, 5) is -0.699. The van der Waals surface area contributed by atoms with Crippen LogP contribution in [0.2, 0.25) is 0 Å². The van der Waals surface area contributed by atoms with Crippen LogP contribution in [0, 0.1) is 29.8 Å². The number of benzene rings is 1. The molecule has 0 heterocycles. The molecule has 0 unspecified atom stereocenters. The largest absolute Gasteiger partial charge is 0.244 e. The van der Waals surface area contributed by atoms with Gasteiger partial charge in [0.1, 0.15) is 0 Å². The highest BCUT2D eigenvalue weighted by Gasteiger charge is 2.33. The van der Waals surface area contributed by atoms with Gasteiger partial charge in [0.25, 0.3) is 0 Å². The van der Waals surface area contributed by atoms with Crippen LogP contribution in [0.3, 0.4) is 0 Å². The van der Waals surface area contributed by atoms with Crippen molar-refractivity contribution >= 4 is 10.0 Å². The third kappa shape index (κ3) is 2.74. The zero-order valence-corrected chi connectivity index (χ0v) is 11.4. The van der Waals surface area contributed by atoms with Gasteiger partial charge in [-0.05, 0) is 26.0 Å². The Bertz CT molecular complexity index is 624. The Balaban J connectivity index is 3.42. The summed E-state index contributed by atoms with van der Waals surface area (Å²) in [5.41, 5.74) is -1.19. The Morgan fingerprint density at radius 1 is 1.21 bits per heavy atom. The topological polar surface area (TPSA) is 37.4 Å². The van der Waals surface area contributed by atoms with Crippen LogP contribution in [0.5, 0.6) is 0 Å². The van der Waals surface area contributed by atoms with E-state index in [1.54, 1.807) is 0 Å². The monoisotopic (exact) mass is 291 g/mol. The van der Waals surface area contributed by atoms with Crippen LogP contribution in [-0.2, 0) is 10.0 Å². The summed E-state index contributed by atoms with van der Waals surface area (Å²) in [6, 6.07) is 0.827. The molecule has 0 saturated heterocycles. The average molecular weight is 291 g/mol. The normalized spacial score (nSPS) is 12.5. The molecule has 104 valence electrons. The van der Waals surface area contributed by atoms with Gasteiger partial charge in [-0.3, -0.25) is 0 Å². The van der Waals surface area contributed by atoms with Crippen molar-refractivity contribution in [2.24, 2.45) is 0 Å². The molecular weight excluding hydrogens is 279 g/mol. The van der Waals surface area contributed by atoms with E-state index in [1.807, 2.05) is 0 Å². The molecule has 0 aliphatic rings. The SMILES string of the molecule is C#CC(C)(C)N(C)S(=O)(=O)c1cc(F)c(F)c(F)c1. The van der Waals surface area contributed by atoms with Gasteiger partial charge >= 0.3 is 0 Å². The Hall–Kier alpha value is -1.52. The van der Waals surface area contributed by atoms with Gasteiger partial charge in [-0.15, -0.1) is 6.42 Å². The first kappa shape index (κ1) is 15.5. The Morgan fingerprint density at radius 2 is 1.63 bits per heavy atom. The van der Waals surface area contributed by atoms with E-state index < -0.39 is 37.9 Å². The molecule has 0 spiro atoms. The maximum atomic E-state index is 13.1. The van der Waals surface area contributed by atoms with Gasteiger partial charge in [-0.2, -0.15) is 4.31 Å². The maximum absolute atomic E-state index is 13.1. The van der Waals surface area contributed by atoms with E-state index in [-0.39, 0.29) is 0 Å². The number of nitrogens with zero attached hydrogens (tertiary/aromatic N) is 1.